The number of nitrogens with one attached hydrogen (secondary N) is 1. The highest BCUT2D eigenvalue weighted by Gasteiger charge is 2.33. The van der Waals surface area contributed by atoms with Gasteiger partial charge in [0.15, 0.2) is 0 Å². The van der Waals surface area contributed by atoms with E-state index in [0.717, 1.165) is 13.1 Å². The zero-order valence-electron chi connectivity index (χ0n) is 15.3. The molecule has 1 aliphatic heterocycles. The molecule has 0 aromatic heterocycles. The quantitative estimate of drug-likeness (QED) is 0.647. The van der Waals surface area contributed by atoms with E-state index in [1.54, 1.807) is 0 Å². The van der Waals surface area contributed by atoms with Crippen molar-refractivity contribution >= 4 is 34.0 Å². The van der Waals surface area contributed by atoms with Crippen LogP contribution in [0.15, 0.2) is 59.5 Å². The van der Waals surface area contributed by atoms with Crippen LogP contribution in [0.5, 0.6) is 0 Å². The molecule has 9 heteroatoms. The average molecular weight is 425 g/mol. The van der Waals surface area contributed by atoms with E-state index in [4.69, 9.17) is 10.9 Å². The number of nitrogens with zero attached hydrogens (tertiary/aromatic N) is 1. The Hall–Kier alpha value is -1.97. The van der Waals surface area contributed by atoms with Crippen LogP contribution >= 0.6 is 12.4 Å². The van der Waals surface area contributed by atoms with E-state index in [1.165, 1.54) is 29.8 Å². The summed E-state index contributed by atoms with van der Waals surface area (Å²) >= 11 is 0. The lowest BCUT2D eigenvalue weighted by Gasteiger charge is -2.16. The van der Waals surface area contributed by atoms with E-state index in [0.29, 0.717) is 24.1 Å². The molecule has 1 heterocycles. The van der Waals surface area contributed by atoms with Crippen molar-refractivity contribution in [2.45, 2.75) is 10.8 Å². The highest BCUT2D eigenvalue weighted by Crippen LogP contribution is 2.31. The molecule has 28 heavy (non-hydrogen) atoms. The second-order valence-corrected chi connectivity index (χ2v) is 8.39. The third-order valence-electron chi connectivity index (χ3n) is 4.88. The smallest absolute Gasteiger partial charge is 0.238 e. The van der Waals surface area contributed by atoms with E-state index in [-0.39, 0.29) is 29.8 Å². The van der Waals surface area contributed by atoms with Gasteiger partial charge in [-0.05, 0) is 42.3 Å². The SMILES string of the molecule is Cl.NC[C@@H]1CN(CC(=O)Nc2ccc(S(N)(=O)=O)cc2)C[C@H]1c1ccccc1. The van der Waals surface area contributed by atoms with Crippen LogP contribution in [0.2, 0.25) is 0 Å². The molecule has 0 bridgehead atoms. The Kier molecular flexibility index (Phi) is 7.56. The molecule has 0 spiro atoms. The number of rotatable bonds is 6. The minimum absolute atomic E-state index is 0. The minimum atomic E-state index is -3.74. The van der Waals surface area contributed by atoms with Crippen molar-refractivity contribution < 1.29 is 13.2 Å². The van der Waals surface area contributed by atoms with Gasteiger partial charge in [-0.1, -0.05) is 30.3 Å². The molecule has 3 rings (SSSR count). The van der Waals surface area contributed by atoms with Crippen molar-refractivity contribution in [3.8, 4) is 0 Å². The summed E-state index contributed by atoms with van der Waals surface area (Å²) in [6.07, 6.45) is 0. The second kappa shape index (κ2) is 9.49. The topological polar surface area (TPSA) is 119 Å². The van der Waals surface area contributed by atoms with Gasteiger partial charge in [0, 0.05) is 24.7 Å². The van der Waals surface area contributed by atoms with Gasteiger partial charge in [-0.25, -0.2) is 13.6 Å². The van der Waals surface area contributed by atoms with E-state index in [1.807, 2.05) is 18.2 Å². The molecular weight excluding hydrogens is 400 g/mol. The molecule has 0 saturated carbocycles. The fraction of sp³-hybridized carbons (Fsp3) is 0.316. The van der Waals surface area contributed by atoms with Gasteiger partial charge >= 0.3 is 0 Å². The lowest BCUT2D eigenvalue weighted by Crippen LogP contribution is -2.32. The van der Waals surface area contributed by atoms with Crippen molar-refractivity contribution in [1.82, 2.24) is 4.90 Å². The van der Waals surface area contributed by atoms with Crippen molar-refractivity contribution in [3.63, 3.8) is 0 Å². The Labute approximate surface area is 171 Å². The summed E-state index contributed by atoms with van der Waals surface area (Å²) in [4.78, 5) is 14.5. The number of carbonyl (C=O) groups excluding carboxylic acids is 1. The summed E-state index contributed by atoms with van der Waals surface area (Å²) in [7, 11) is -3.74. The summed E-state index contributed by atoms with van der Waals surface area (Å²) in [6.45, 7) is 2.39. The predicted octanol–water partition coefficient (Wildman–Crippen LogP) is 1.37. The Morgan fingerprint density at radius 2 is 1.71 bits per heavy atom. The number of sulfonamides is 1. The first-order valence-corrected chi connectivity index (χ1v) is 10.3. The maximum atomic E-state index is 12.4. The maximum absolute atomic E-state index is 12.4. The molecule has 7 nitrogen and oxygen atoms in total. The van der Waals surface area contributed by atoms with Gasteiger partial charge in [0.25, 0.3) is 0 Å². The van der Waals surface area contributed by atoms with Gasteiger partial charge in [0.05, 0.1) is 11.4 Å². The molecule has 2 atom stereocenters. The van der Waals surface area contributed by atoms with Crippen molar-refractivity contribution in [2.24, 2.45) is 16.8 Å². The van der Waals surface area contributed by atoms with Crippen molar-refractivity contribution in [2.75, 3.05) is 31.5 Å². The average Bonchev–Trinajstić information content (AvgIpc) is 3.05. The number of halogens is 1. The Morgan fingerprint density at radius 1 is 1.07 bits per heavy atom. The monoisotopic (exact) mass is 424 g/mol. The molecule has 1 amide bonds. The number of carbonyl (C=O) groups is 1. The first-order valence-electron chi connectivity index (χ1n) is 8.77. The predicted molar refractivity (Wildman–Crippen MR) is 112 cm³/mol. The summed E-state index contributed by atoms with van der Waals surface area (Å²) in [5.74, 6) is 0.482. The van der Waals surface area contributed by atoms with Crippen LogP contribution in [0.4, 0.5) is 5.69 Å². The van der Waals surface area contributed by atoms with Crippen LogP contribution in [0.3, 0.4) is 0 Å². The van der Waals surface area contributed by atoms with Crippen LogP contribution in [0.25, 0.3) is 0 Å². The van der Waals surface area contributed by atoms with E-state index >= 15 is 0 Å². The van der Waals surface area contributed by atoms with Crippen LogP contribution in [0, 0.1) is 5.92 Å². The van der Waals surface area contributed by atoms with Crippen LogP contribution in [0.1, 0.15) is 11.5 Å². The summed E-state index contributed by atoms with van der Waals surface area (Å²) < 4.78 is 22.6. The van der Waals surface area contributed by atoms with Gasteiger partial charge in [-0.15, -0.1) is 12.4 Å². The Bertz CT molecular complexity index is 891. The first-order chi connectivity index (χ1) is 12.9. The number of primary sulfonamides is 1. The van der Waals surface area contributed by atoms with Gasteiger partial charge in [0.1, 0.15) is 0 Å². The molecule has 2 aromatic rings. The fourth-order valence-corrected chi connectivity index (χ4v) is 4.05. The third kappa shape index (κ3) is 5.52. The zero-order chi connectivity index (χ0) is 19.4. The highest BCUT2D eigenvalue weighted by molar-refractivity contribution is 7.89. The summed E-state index contributed by atoms with van der Waals surface area (Å²) in [5.41, 5.74) is 7.71. The van der Waals surface area contributed by atoms with Gasteiger partial charge < -0.3 is 11.1 Å². The minimum Gasteiger partial charge on any atom is -0.330 e. The van der Waals surface area contributed by atoms with Crippen molar-refractivity contribution in [3.05, 3.63) is 60.2 Å². The first kappa shape index (κ1) is 22.3. The molecule has 1 fully saturated rings. The van der Waals surface area contributed by atoms with Crippen molar-refractivity contribution in [1.29, 1.82) is 0 Å². The van der Waals surface area contributed by atoms with E-state index in [9.17, 15) is 13.2 Å². The Morgan fingerprint density at radius 3 is 2.29 bits per heavy atom. The number of amides is 1. The number of benzene rings is 2. The molecule has 0 unspecified atom stereocenters. The summed E-state index contributed by atoms with van der Waals surface area (Å²) in [6, 6.07) is 16.0. The van der Waals surface area contributed by atoms with Crippen LogP contribution < -0.4 is 16.2 Å². The molecular formula is C19H25ClN4O3S. The number of nitrogens with two attached hydrogens (primary N) is 2. The van der Waals surface area contributed by atoms with E-state index in [2.05, 4.69) is 22.3 Å². The number of hydrogen-bond acceptors (Lipinski definition) is 5. The summed E-state index contributed by atoms with van der Waals surface area (Å²) in [5, 5.41) is 7.86. The fourth-order valence-electron chi connectivity index (χ4n) is 3.54. The Balaban J connectivity index is 0.00000280. The third-order valence-corrected chi connectivity index (χ3v) is 5.81. The molecule has 152 valence electrons. The molecule has 0 radical (unpaired) electrons. The standard InChI is InChI=1S/C19H24N4O3S.ClH/c20-10-15-11-23(12-18(15)14-4-2-1-3-5-14)13-19(24)22-16-6-8-17(9-7-16)27(21,25)26;/h1-9,15,18H,10-13,20H2,(H,22,24)(H2,21,25,26);1H/t15-,18+;/m1./s1. The van der Waals surface area contributed by atoms with Crippen LogP contribution in [-0.4, -0.2) is 45.4 Å². The molecule has 5 N–H and O–H groups in total. The number of hydrogen-bond donors (Lipinski definition) is 3. The normalized spacial score (nSPS) is 19.8. The second-order valence-electron chi connectivity index (χ2n) is 6.82. The van der Waals surface area contributed by atoms with Gasteiger partial charge in [0.2, 0.25) is 15.9 Å². The van der Waals surface area contributed by atoms with Crippen LogP contribution in [-0.2, 0) is 14.8 Å². The largest absolute Gasteiger partial charge is 0.330 e. The molecule has 0 aliphatic carbocycles. The van der Waals surface area contributed by atoms with E-state index < -0.39 is 10.0 Å². The highest BCUT2D eigenvalue weighted by atomic mass is 35.5. The number of anilines is 1. The lowest BCUT2D eigenvalue weighted by molar-refractivity contribution is -0.117. The maximum Gasteiger partial charge on any atom is 0.238 e. The van der Waals surface area contributed by atoms with Gasteiger partial charge in [-0.2, -0.15) is 0 Å². The van der Waals surface area contributed by atoms with Gasteiger partial charge in [-0.3, -0.25) is 9.69 Å². The molecule has 2 aromatic carbocycles. The molecule has 1 aliphatic rings. The zero-order valence-corrected chi connectivity index (χ0v) is 17.0. The number of likely N-dealkylation sites (tertiary alicyclic amines) is 1. The molecule has 1 saturated heterocycles. The lowest BCUT2D eigenvalue weighted by atomic mass is 9.89.